The van der Waals surface area contributed by atoms with Gasteiger partial charge < -0.3 is 9.64 Å². The first-order valence-electron chi connectivity index (χ1n) is 15.0. The Morgan fingerprint density at radius 1 is 1.07 bits per heavy atom. The van der Waals surface area contributed by atoms with Crippen molar-refractivity contribution in [3.05, 3.63) is 54.0 Å². The molecule has 0 aromatic carbocycles. The Hall–Kier alpha value is -3.47. The van der Waals surface area contributed by atoms with Gasteiger partial charge in [-0.3, -0.25) is 9.78 Å². The van der Waals surface area contributed by atoms with E-state index in [-0.39, 0.29) is 16.0 Å². The van der Waals surface area contributed by atoms with Gasteiger partial charge in [-0.25, -0.2) is 22.8 Å². The molecule has 1 amide bonds. The summed E-state index contributed by atoms with van der Waals surface area (Å²) >= 11 is 0. The predicted molar refractivity (Wildman–Crippen MR) is 159 cm³/mol. The van der Waals surface area contributed by atoms with Crippen molar-refractivity contribution in [2.24, 2.45) is 11.3 Å². The number of sulfonamides is 1. The van der Waals surface area contributed by atoms with Crippen LogP contribution in [-0.4, -0.2) is 52.8 Å². The lowest BCUT2D eigenvalue weighted by molar-refractivity contribution is 0.0981. The molecule has 1 aliphatic carbocycles. The lowest BCUT2D eigenvalue weighted by atomic mass is 9.92. The zero-order valence-corrected chi connectivity index (χ0v) is 25.5. The highest BCUT2D eigenvalue weighted by Crippen LogP contribution is 2.48. The average molecular weight is 593 g/mol. The van der Waals surface area contributed by atoms with Crippen LogP contribution in [0.5, 0.6) is 5.88 Å². The molecule has 1 N–H and O–H groups in total. The number of aryl methyl sites for hydroxylation is 1. The van der Waals surface area contributed by atoms with E-state index in [0.29, 0.717) is 35.5 Å². The minimum absolute atomic E-state index is 0.0450. The van der Waals surface area contributed by atoms with Gasteiger partial charge >= 0.3 is 0 Å². The van der Waals surface area contributed by atoms with Crippen molar-refractivity contribution in [1.29, 1.82) is 0 Å². The first-order chi connectivity index (χ1) is 20.0. The van der Waals surface area contributed by atoms with Gasteiger partial charge in [-0.1, -0.05) is 19.8 Å². The summed E-state index contributed by atoms with van der Waals surface area (Å²) in [5.74, 6) is 1.21. The van der Waals surface area contributed by atoms with Crippen molar-refractivity contribution in [1.82, 2.24) is 24.5 Å². The Labute approximate surface area is 247 Å². The SMILES string of the molecule is CC1(CCOc2ccn(-c3ccc4c(n3)N3CC(CCCCCc5ccc(cn5)S(=O)(=O)NC4=O)CC3(C)C)n2)CC1. The van der Waals surface area contributed by atoms with Crippen molar-refractivity contribution in [2.45, 2.75) is 89.0 Å². The molecule has 3 aromatic rings. The van der Waals surface area contributed by atoms with E-state index in [1.54, 1.807) is 29.1 Å². The molecular weight excluding hydrogens is 552 g/mol. The maximum absolute atomic E-state index is 13.6. The lowest BCUT2D eigenvalue weighted by Gasteiger charge is -2.34. The Bertz CT molecular complexity index is 1560. The minimum Gasteiger partial charge on any atom is -0.477 e. The molecule has 11 heteroatoms. The summed E-state index contributed by atoms with van der Waals surface area (Å²) < 4.78 is 36.1. The van der Waals surface area contributed by atoms with Gasteiger partial charge in [-0.2, -0.15) is 0 Å². The van der Waals surface area contributed by atoms with Crippen LogP contribution in [-0.2, 0) is 16.4 Å². The lowest BCUT2D eigenvalue weighted by Crippen LogP contribution is -2.41. The molecular formula is C31H40N6O4S. The number of rotatable bonds is 5. The fraction of sp³-hybridized carbons (Fsp3) is 0.548. The summed E-state index contributed by atoms with van der Waals surface area (Å²) in [6, 6.07) is 8.37. The number of carbonyl (C=O) groups is 1. The number of hydrogen-bond donors (Lipinski definition) is 1. The second kappa shape index (κ2) is 11.0. The standard InChI is InChI=1S/C31H40N6O4S/c1-30(2)19-22-7-5-4-6-8-23-9-10-24(20-32-23)42(39,40)35-29(38)25-11-12-26(33-28(25)36(30)21-22)37-17-13-27(34-37)41-18-16-31(3)14-15-31/h9-13,17,20,22H,4-8,14-16,18-19,21H2,1-3H3,(H,35,38). The van der Waals surface area contributed by atoms with E-state index in [1.165, 1.54) is 25.1 Å². The fourth-order valence-electron chi connectivity index (χ4n) is 6.15. The summed E-state index contributed by atoms with van der Waals surface area (Å²) in [5.41, 5.74) is 1.18. The molecule has 4 aliphatic rings. The summed E-state index contributed by atoms with van der Waals surface area (Å²) in [4.78, 5) is 25.0. The van der Waals surface area contributed by atoms with E-state index in [0.717, 1.165) is 57.2 Å². The molecule has 4 bridgehead atoms. The first-order valence-corrected chi connectivity index (χ1v) is 16.5. The summed E-state index contributed by atoms with van der Waals surface area (Å²) in [6.07, 6.45) is 12.6. The smallest absolute Gasteiger partial charge is 0.268 e. The maximum atomic E-state index is 13.6. The van der Waals surface area contributed by atoms with Gasteiger partial charge in [0.25, 0.3) is 15.9 Å². The van der Waals surface area contributed by atoms with E-state index in [4.69, 9.17) is 9.72 Å². The Morgan fingerprint density at radius 2 is 1.90 bits per heavy atom. The second-order valence-corrected chi connectivity index (χ2v) is 14.7. The van der Waals surface area contributed by atoms with Gasteiger partial charge in [-0.15, -0.1) is 5.10 Å². The Kier molecular flexibility index (Phi) is 7.49. The molecule has 3 aliphatic heterocycles. The number of anilines is 1. The summed E-state index contributed by atoms with van der Waals surface area (Å²) in [6.45, 7) is 7.94. The molecule has 224 valence electrons. The maximum Gasteiger partial charge on any atom is 0.268 e. The normalized spacial score (nSPS) is 22.7. The van der Waals surface area contributed by atoms with Crippen LogP contribution in [0.15, 0.2) is 47.6 Å². The molecule has 1 unspecified atom stereocenters. The quantitative estimate of drug-likeness (QED) is 0.436. The van der Waals surface area contributed by atoms with Gasteiger partial charge in [0, 0.05) is 36.2 Å². The van der Waals surface area contributed by atoms with E-state index in [2.05, 4.69) is 40.5 Å². The second-order valence-electron chi connectivity index (χ2n) is 13.1. The van der Waals surface area contributed by atoms with Crippen LogP contribution < -0.4 is 14.4 Å². The van der Waals surface area contributed by atoms with Crippen LogP contribution in [0.2, 0.25) is 0 Å². The van der Waals surface area contributed by atoms with Crippen LogP contribution >= 0.6 is 0 Å². The number of amides is 1. The number of ether oxygens (including phenoxy) is 1. The largest absolute Gasteiger partial charge is 0.477 e. The van der Waals surface area contributed by atoms with Crippen LogP contribution in [0.3, 0.4) is 0 Å². The van der Waals surface area contributed by atoms with Crippen molar-refractivity contribution >= 4 is 21.7 Å². The van der Waals surface area contributed by atoms with Crippen LogP contribution in [0.25, 0.3) is 5.82 Å². The summed E-state index contributed by atoms with van der Waals surface area (Å²) in [7, 11) is -4.13. The van der Waals surface area contributed by atoms with E-state index in [9.17, 15) is 13.2 Å². The Balaban J connectivity index is 1.33. The number of carbonyl (C=O) groups excluding carboxylic acids is 1. The monoisotopic (exact) mass is 592 g/mol. The third kappa shape index (κ3) is 6.16. The van der Waals surface area contributed by atoms with Crippen molar-refractivity contribution in [2.75, 3.05) is 18.1 Å². The number of hydrogen-bond acceptors (Lipinski definition) is 8. The number of nitrogens with one attached hydrogen (secondary N) is 1. The number of fused-ring (bicyclic) bond motifs is 8. The molecule has 42 heavy (non-hydrogen) atoms. The molecule has 1 saturated carbocycles. The third-order valence-electron chi connectivity index (χ3n) is 9.06. The zero-order valence-electron chi connectivity index (χ0n) is 24.7. The zero-order chi connectivity index (χ0) is 29.5. The Morgan fingerprint density at radius 3 is 2.67 bits per heavy atom. The fourth-order valence-corrected chi connectivity index (χ4v) is 7.06. The molecule has 0 radical (unpaired) electrons. The summed E-state index contributed by atoms with van der Waals surface area (Å²) in [5, 5.41) is 4.58. The van der Waals surface area contributed by atoms with Crippen LogP contribution in [0.4, 0.5) is 5.82 Å². The molecule has 2 fully saturated rings. The third-order valence-corrected chi connectivity index (χ3v) is 10.4. The predicted octanol–water partition coefficient (Wildman–Crippen LogP) is 5.07. The molecule has 3 aromatic heterocycles. The topological polar surface area (TPSA) is 119 Å². The highest BCUT2D eigenvalue weighted by Gasteiger charge is 2.41. The van der Waals surface area contributed by atoms with Gasteiger partial charge in [0.1, 0.15) is 10.7 Å². The van der Waals surface area contributed by atoms with E-state index in [1.807, 2.05) is 6.07 Å². The highest BCUT2D eigenvalue weighted by atomic mass is 32.2. The van der Waals surface area contributed by atoms with Gasteiger partial charge in [0.2, 0.25) is 5.88 Å². The molecule has 1 saturated heterocycles. The molecule has 1 atom stereocenters. The van der Waals surface area contributed by atoms with Crippen LogP contribution in [0, 0.1) is 11.3 Å². The number of nitrogens with zero attached hydrogens (tertiary/aromatic N) is 5. The molecule has 6 heterocycles. The van der Waals surface area contributed by atoms with Crippen molar-refractivity contribution in [3.63, 3.8) is 0 Å². The molecule has 10 nitrogen and oxygen atoms in total. The first kappa shape index (κ1) is 28.6. The van der Waals surface area contributed by atoms with Gasteiger partial charge in [-0.05, 0) is 94.4 Å². The number of aromatic nitrogens is 4. The highest BCUT2D eigenvalue weighted by molar-refractivity contribution is 7.90. The molecule has 0 spiro atoms. The average Bonchev–Trinajstić information content (AvgIpc) is 3.35. The van der Waals surface area contributed by atoms with Gasteiger partial charge in [0.05, 0.1) is 12.2 Å². The minimum atomic E-state index is -4.13. The number of pyridine rings is 2. The van der Waals surface area contributed by atoms with E-state index >= 15 is 0 Å². The van der Waals surface area contributed by atoms with Crippen molar-refractivity contribution < 1.29 is 17.9 Å². The van der Waals surface area contributed by atoms with Crippen molar-refractivity contribution in [3.8, 4) is 11.7 Å². The van der Waals surface area contributed by atoms with Crippen LogP contribution in [0.1, 0.15) is 88.2 Å². The van der Waals surface area contributed by atoms with E-state index < -0.39 is 15.9 Å². The van der Waals surface area contributed by atoms with Gasteiger partial charge in [0.15, 0.2) is 5.82 Å². The molecule has 7 rings (SSSR count).